The van der Waals surface area contributed by atoms with Crippen LogP contribution >= 0.6 is 11.3 Å². The molecule has 6 nitrogen and oxygen atoms in total. The van der Waals surface area contributed by atoms with Crippen molar-refractivity contribution in [2.24, 2.45) is 0 Å². The fraction of sp³-hybridized carbons (Fsp3) is 0.105. The van der Waals surface area contributed by atoms with Crippen LogP contribution in [0.25, 0.3) is 22.4 Å². The van der Waals surface area contributed by atoms with Crippen LogP contribution in [0.3, 0.4) is 0 Å². The molecule has 0 spiro atoms. The van der Waals surface area contributed by atoms with Gasteiger partial charge in [-0.05, 0) is 30.7 Å². The quantitative estimate of drug-likeness (QED) is 0.547. The first-order valence-electron chi connectivity index (χ1n) is 8.05. The van der Waals surface area contributed by atoms with E-state index < -0.39 is 0 Å². The minimum absolute atomic E-state index is 0.122. The number of hydrogen-bond donors (Lipinski definition) is 0. The molecule has 0 bridgehead atoms. The van der Waals surface area contributed by atoms with Crippen molar-refractivity contribution in [1.82, 2.24) is 14.6 Å². The molecule has 26 heavy (non-hydrogen) atoms. The molecular formula is C19H13N3O3S. The summed E-state index contributed by atoms with van der Waals surface area (Å²) in [4.78, 5) is 13.5. The second-order valence-electron chi connectivity index (χ2n) is 6.04. The fourth-order valence-electron chi connectivity index (χ4n) is 2.91. The first-order chi connectivity index (χ1) is 12.7. The zero-order valence-electron chi connectivity index (χ0n) is 13.8. The van der Waals surface area contributed by atoms with Crippen molar-refractivity contribution in [3.05, 3.63) is 68.5 Å². The lowest BCUT2D eigenvalue weighted by molar-refractivity contribution is 0.174. The van der Waals surface area contributed by atoms with E-state index in [4.69, 9.17) is 9.47 Å². The Bertz CT molecular complexity index is 1240. The average molecular weight is 363 g/mol. The summed E-state index contributed by atoms with van der Waals surface area (Å²) in [6.07, 6.45) is 1.84. The molecule has 4 aromatic rings. The minimum atomic E-state index is -0.122. The maximum atomic E-state index is 12.9. The summed E-state index contributed by atoms with van der Waals surface area (Å²) in [7, 11) is 0. The van der Waals surface area contributed by atoms with E-state index in [1.165, 1.54) is 11.3 Å². The lowest BCUT2D eigenvalue weighted by Gasteiger charge is -1.97. The third-order valence-corrected chi connectivity index (χ3v) is 5.21. The highest BCUT2D eigenvalue weighted by Crippen LogP contribution is 2.32. The van der Waals surface area contributed by atoms with Crippen molar-refractivity contribution >= 4 is 22.4 Å². The van der Waals surface area contributed by atoms with E-state index in [0.717, 1.165) is 22.4 Å². The van der Waals surface area contributed by atoms with Gasteiger partial charge in [-0.25, -0.2) is 4.40 Å². The first kappa shape index (κ1) is 15.1. The molecule has 7 heteroatoms. The number of hydrogen-bond acceptors (Lipinski definition) is 6. The summed E-state index contributed by atoms with van der Waals surface area (Å²) < 4.78 is 12.9. The predicted octanol–water partition coefficient (Wildman–Crippen LogP) is 2.40. The van der Waals surface area contributed by atoms with Gasteiger partial charge in [-0.3, -0.25) is 4.79 Å². The standard InChI is InChI=1S/C19H13N3O3S/c1-11-2-5-13(6-3-11)17-20-21-19-22(17)18(23)16(26-19)9-12-4-7-14-15(8-12)25-10-24-14/h2-9H,10H2,1H3. The number of benzene rings is 2. The highest BCUT2D eigenvalue weighted by Gasteiger charge is 2.15. The van der Waals surface area contributed by atoms with E-state index in [1.807, 2.05) is 55.5 Å². The van der Waals surface area contributed by atoms with Gasteiger partial charge in [-0.15, -0.1) is 10.2 Å². The summed E-state index contributed by atoms with van der Waals surface area (Å²) in [5, 5.41) is 8.35. The van der Waals surface area contributed by atoms with Crippen molar-refractivity contribution < 1.29 is 9.47 Å². The Morgan fingerprint density at radius 3 is 2.73 bits per heavy atom. The summed E-state index contributed by atoms with van der Waals surface area (Å²) in [5.74, 6) is 1.97. The number of aryl methyl sites for hydroxylation is 1. The van der Waals surface area contributed by atoms with E-state index in [9.17, 15) is 4.79 Å². The molecular weight excluding hydrogens is 350 g/mol. The van der Waals surface area contributed by atoms with Crippen LogP contribution in [0.1, 0.15) is 11.1 Å². The van der Waals surface area contributed by atoms with Crippen LogP contribution < -0.4 is 19.6 Å². The van der Waals surface area contributed by atoms with Gasteiger partial charge in [0.1, 0.15) is 0 Å². The van der Waals surface area contributed by atoms with Gasteiger partial charge in [-0.1, -0.05) is 47.2 Å². The number of aromatic nitrogens is 3. The van der Waals surface area contributed by atoms with Crippen LogP contribution in [-0.4, -0.2) is 21.4 Å². The zero-order chi connectivity index (χ0) is 17.7. The van der Waals surface area contributed by atoms with Gasteiger partial charge in [0, 0.05) is 5.56 Å². The van der Waals surface area contributed by atoms with Gasteiger partial charge in [-0.2, -0.15) is 0 Å². The number of ether oxygens (including phenoxy) is 2. The molecule has 0 atom stereocenters. The van der Waals surface area contributed by atoms with E-state index in [0.29, 0.717) is 21.1 Å². The maximum Gasteiger partial charge on any atom is 0.276 e. The van der Waals surface area contributed by atoms with Crippen LogP contribution in [0.5, 0.6) is 11.5 Å². The molecule has 0 aliphatic carbocycles. The normalized spacial score (nSPS) is 13.7. The van der Waals surface area contributed by atoms with E-state index in [1.54, 1.807) is 4.40 Å². The molecule has 0 fully saturated rings. The molecule has 0 saturated heterocycles. The van der Waals surface area contributed by atoms with Crippen LogP contribution in [0, 0.1) is 6.92 Å². The van der Waals surface area contributed by atoms with Crippen molar-refractivity contribution in [1.29, 1.82) is 0 Å². The molecule has 0 unspecified atom stereocenters. The van der Waals surface area contributed by atoms with Crippen molar-refractivity contribution in [2.45, 2.75) is 6.92 Å². The highest BCUT2D eigenvalue weighted by molar-refractivity contribution is 7.15. The Morgan fingerprint density at radius 2 is 1.88 bits per heavy atom. The van der Waals surface area contributed by atoms with E-state index >= 15 is 0 Å². The van der Waals surface area contributed by atoms with Gasteiger partial charge >= 0.3 is 0 Å². The Labute approximate surface area is 151 Å². The van der Waals surface area contributed by atoms with Gasteiger partial charge < -0.3 is 9.47 Å². The second-order valence-corrected chi connectivity index (χ2v) is 7.05. The predicted molar refractivity (Wildman–Crippen MR) is 98.7 cm³/mol. The summed E-state index contributed by atoms with van der Waals surface area (Å²) in [5.41, 5.74) is 2.77. The van der Waals surface area contributed by atoms with Crippen molar-refractivity contribution in [3.63, 3.8) is 0 Å². The smallest absolute Gasteiger partial charge is 0.276 e. The Morgan fingerprint density at radius 1 is 1.08 bits per heavy atom. The average Bonchev–Trinajstić information content (AvgIpc) is 3.33. The molecule has 1 aliphatic heterocycles. The van der Waals surface area contributed by atoms with Gasteiger partial charge in [0.2, 0.25) is 11.8 Å². The van der Waals surface area contributed by atoms with Crippen molar-refractivity contribution in [2.75, 3.05) is 6.79 Å². The van der Waals surface area contributed by atoms with Gasteiger partial charge in [0.05, 0.1) is 4.53 Å². The monoisotopic (exact) mass is 363 g/mol. The molecule has 0 radical (unpaired) electrons. The SMILES string of the molecule is Cc1ccc(-c2nnc3sc(=Cc4ccc5c(c4)OCO5)c(=O)n23)cc1. The van der Waals surface area contributed by atoms with Crippen LogP contribution in [-0.2, 0) is 0 Å². The molecule has 2 aromatic carbocycles. The largest absolute Gasteiger partial charge is 0.454 e. The summed E-state index contributed by atoms with van der Waals surface area (Å²) in [6, 6.07) is 13.5. The number of thiazole rings is 1. The number of rotatable bonds is 2. The minimum Gasteiger partial charge on any atom is -0.454 e. The number of nitrogens with zero attached hydrogens (tertiary/aromatic N) is 3. The van der Waals surface area contributed by atoms with Crippen LogP contribution in [0.15, 0.2) is 47.3 Å². The Balaban J connectivity index is 1.65. The Kier molecular flexibility index (Phi) is 3.29. The van der Waals surface area contributed by atoms with Crippen LogP contribution in [0.2, 0.25) is 0 Å². The molecule has 128 valence electrons. The number of fused-ring (bicyclic) bond motifs is 2. The lowest BCUT2D eigenvalue weighted by Crippen LogP contribution is -2.23. The maximum absolute atomic E-state index is 12.9. The molecule has 3 heterocycles. The molecule has 2 aromatic heterocycles. The first-order valence-corrected chi connectivity index (χ1v) is 8.87. The van der Waals surface area contributed by atoms with Gasteiger partial charge in [0.25, 0.3) is 5.56 Å². The molecule has 5 rings (SSSR count). The molecule has 0 saturated carbocycles. The molecule has 1 aliphatic rings. The topological polar surface area (TPSA) is 65.7 Å². The lowest BCUT2D eigenvalue weighted by atomic mass is 10.1. The third kappa shape index (κ3) is 2.36. The summed E-state index contributed by atoms with van der Waals surface area (Å²) in [6.45, 7) is 2.25. The third-order valence-electron chi connectivity index (χ3n) is 4.25. The molecule has 0 N–H and O–H groups in total. The summed E-state index contributed by atoms with van der Waals surface area (Å²) >= 11 is 1.32. The molecule has 0 amide bonds. The van der Waals surface area contributed by atoms with Crippen molar-refractivity contribution in [3.8, 4) is 22.9 Å². The highest BCUT2D eigenvalue weighted by atomic mass is 32.1. The Hall–Kier alpha value is -3.19. The van der Waals surface area contributed by atoms with E-state index in [-0.39, 0.29) is 12.4 Å². The van der Waals surface area contributed by atoms with Gasteiger partial charge in [0.15, 0.2) is 17.3 Å². The fourth-order valence-corrected chi connectivity index (χ4v) is 3.82. The second kappa shape index (κ2) is 5.67. The van der Waals surface area contributed by atoms with E-state index in [2.05, 4.69) is 10.2 Å². The van der Waals surface area contributed by atoms with Crippen LogP contribution in [0.4, 0.5) is 0 Å². The zero-order valence-corrected chi connectivity index (χ0v) is 14.6.